The molecule has 4 N–H and O–H groups in total. The van der Waals surface area contributed by atoms with Gasteiger partial charge in [-0.3, -0.25) is 4.90 Å². The molecular weight excluding hydrogens is 310 g/mol. The number of aromatic nitrogens is 4. The van der Waals surface area contributed by atoms with Crippen molar-refractivity contribution in [1.29, 1.82) is 0 Å². The maximum atomic E-state index is 5.66. The lowest BCUT2D eigenvalue weighted by Crippen LogP contribution is -2.24. The minimum absolute atomic E-state index is 0.170. The number of rotatable bonds is 3. The van der Waals surface area contributed by atoms with E-state index < -0.39 is 0 Å². The van der Waals surface area contributed by atoms with E-state index in [0.29, 0.717) is 18.4 Å². The van der Waals surface area contributed by atoms with Gasteiger partial charge in [-0.05, 0) is 31.5 Å². The minimum atomic E-state index is 0.170. The SMILES string of the molecule is Nc1nc(N)nc(CN2CCC[C@H]2c2nc3ccccc3s2)n1. The van der Waals surface area contributed by atoms with E-state index in [4.69, 9.17) is 16.5 Å². The van der Waals surface area contributed by atoms with E-state index in [9.17, 15) is 0 Å². The Balaban J connectivity index is 1.60. The van der Waals surface area contributed by atoms with Crippen molar-refractivity contribution >= 4 is 33.5 Å². The third-order valence-electron chi connectivity index (χ3n) is 4.02. The average Bonchev–Trinajstić information content (AvgIpc) is 3.11. The van der Waals surface area contributed by atoms with Crippen LogP contribution in [-0.2, 0) is 6.54 Å². The third kappa shape index (κ3) is 2.82. The fourth-order valence-corrected chi connectivity index (χ4v) is 4.17. The summed E-state index contributed by atoms with van der Waals surface area (Å²) in [5.41, 5.74) is 12.4. The number of nitrogens with zero attached hydrogens (tertiary/aromatic N) is 5. The van der Waals surface area contributed by atoms with Gasteiger partial charge in [0.15, 0.2) is 0 Å². The standard InChI is InChI=1S/C15H17N7S/c16-14-19-12(20-15(17)21-14)8-22-7-3-5-10(22)13-18-9-4-1-2-6-11(9)23-13/h1-2,4,6,10H,3,5,7-8H2,(H4,16,17,19,20,21)/t10-/m0/s1. The van der Waals surface area contributed by atoms with Crippen molar-refractivity contribution in [3.63, 3.8) is 0 Å². The number of benzene rings is 1. The Labute approximate surface area is 137 Å². The molecule has 1 fully saturated rings. The quantitative estimate of drug-likeness (QED) is 0.757. The van der Waals surface area contributed by atoms with Crippen molar-refractivity contribution in [1.82, 2.24) is 24.8 Å². The molecular formula is C15H17N7S. The summed E-state index contributed by atoms with van der Waals surface area (Å²) in [7, 11) is 0. The first-order valence-corrected chi connectivity index (χ1v) is 8.36. The topological polar surface area (TPSA) is 107 Å². The fraction of sp³-hybridized carbons (Fsp3) is 0.333. The van der Waals surface area contributed by atoms with Gasteiger partial charge < -0.3 is 11.5 Å². The zero-order valence-electron chi connectivity index (χ0n) is 12.5. The van der Waals surface area contributed by atoms with Crippen LogP contribution in [0.3, 0.4) is 0 Å². The molecule has 3 heterocycles. The summed E-state index contributed by atoms with van der Waals surface area (Å²) in [5.74, 6) is 0.953. The van der Waals surface area contributed by atoms with Crippen LogP contribution < -0.4 is 11.5 Å². The molecule has 0 amide bonds. The van der Waals surface area contributed by atoms with Crippen molar-refractivity contribution in [2.75, 3.05) is 18.0 Å². The summed E-state index contributed by atoms with van der Waals surface area (Å²) in [6.07, 6.45) is 2.23. The van der Waals surface area contributed by atoms with Gasteiger partial charge >= 0.3 is 0 Å². The number of likely N-dealkylation sites (tertiary alicyclic amines) is 1. The molecule has 0 bridgehead atoms. The summed E-state index contributed by atoms with van der Waals surface area (Å²) in [6, 6.07) is 8.54. The first-order chi connectivity index (χ1) is 11.2. The average molecular weight is 327 g/mol. The molecule has 1 aliphatic rings. The predicted molar refractivity (Wildman–Crippen MR) is 90.7 cm³/mol. The number of hydrogen-bond donors (Lipinski definition) is 2. The predicted octanol–water partition coefficient (Wildman–Crippen LogP) is 1.98. The summed E-state index contributed by atoms with van der Waals surface area (Å²) in [6.45, 7) is 1.60. The van der Waals surface area contributed by atoms with Crippen molar-refractivity contribution in [2.45, 2.75) is 25.4 Å². The van der Waals surface area contributed by atoms with Crippen LogP contribution in [0, 0.1) is 0 Å². The van der Waals surface area contributed by atoms with Gasteiger partial charge in [-0.1, -0.05) is 12.1 Å². The van der Waals surface area contributed by atoms with E-state index >= 15 is 0 Å². The van der Waals surface area contributed by atoms with Crippen molar-refractivity contribution in [3.8, 4) is 0 Å². The van der Waals surface area contributed by atoms with E-state index in [1.165, 1.54) is 4.70 Å². The molecule has 0 radical (unpaired) electrons. The molecule has 1 atom stereocenters. The van der Waals surface area contributed by atoms with Crippen LogP contribution in [0.4, 0.5) is 11.9 Å². The number of nitrogen functional groups attached to an aromatic ring is 2. The smallest absolute Gasteiger partial charge is 0.225 e. The van der Waals surface area contributed by atoms with E-state index in [1.807, 2.05) is 12.1 Å². The lowest BCUT2D eigenvalue weighted by molar-refractivity contribution is 0.242. The Morgan fingerprint density at radius 3 is 2.65 bits per heavy atom. The molecule has 1 aromatic carbocycles. The summed E-state index contributed by atoms with van der Waals surface area (Å²) < 4.78 is 1.23. The zero-order valence-corrected chi connectivity index (χ0v) is 13.3. The van der Waals surface area contributed by atoms with Gasteiger partial charge in [0.2, 0.25) is 11.9 Å². The van der Waals surface area contributed by atoms with Crippen LogP contribution in [-0.4, -0.2) is 31.4 Å². The van der Waals surface area contributed by atoms with Gasteiger partial charge in [0.1, 0.15) is 10.8 Å². The monoisotopic (exact) mass is 327 g/mol. The number of nitrogens with two attached hydrogens (primary N) is 2. The molecule has 1 saturated heterocycles. The molecule has 2 aromatic heterocycles. The summed E-state index contributed by atoms with van der Waals surface area (Å²) in [5, 5.41) is 1.15. The van der Waals surface area contributed by atoms with E-state index in [2.05, 4.69) is 32.0 Å². The second kappa shape index (κ2) is 5.71. The molecule has 0 aliphatic carbocycles. The number of thiazole rings is 1. The maximum absolute atomic E-state index is 5.66. The number of anilines is 2. The Morgan fingerprint density at radius 1 is 1.09 bits per heavy atom. The Hall–Kier alpha value is -2.32. The molecule has 0 unspecified atom stereocenters. The molecule has 0 saturated carbocycles. The highest BCUT2D eigenvalue weighted by molar-refractivity contribution is 7.18. The van der Waals surface area contributed by atoms with Gasteiger partial charge in [0.25, 0.3) is 0 Å². The number of hydrogen-bond acceptors (Lipinski definition) is 8. The van der Waals surface area contributed by atoms with Gasteiger partial charge in [-0.15, -0.1) is 11.3 Å². The minimum Gasteiger partial charge on any atom is -0.368 e. The number of fused-ring (bicyclic) bond motifs is 1. The Bertz CT molecular complexity index is 793. The second-order valence-electron chi connectivity index (χ2n) is 5.62. The first kappa shape index (κ1) is 14.3. The number of para-hydroxylation sites is 1. The highest BCUT2D eigenvalue weighted by atomic mass is 32.1. The van der Waals surface area contributed by atoms with Crippen LogP contribution in [0.15, 0.2) is 24.3 Å². The first-order valence-electron chi connectivity index (χ1n) is 7.54. The largest absolute Gasteiger partial charge is 0.368 e. The lowest BCUT2D eigenvalue weighted by Gasteiger charge is -2.21. The highest BCUT2D eigenvalue weighted by Gasteiger charge is 2.29. The van der Waals surface area contributed by atoms with Crippen LogP contribution in [0.25, 0.3) is 10.2 Å². The van der Waals surface area contributed by atoms with Gasteiger partial charge in [0.05, 0.1) is 22.8 Å². The van der Waals surface area contributed by atoms with Crippen molar-refractivity contribution < 1.29 is 0 Å². The van der Waals surface area contributed by atoms with Crippen LogP contribution in [0.1, 0.15) is 29.7 Å². The summed E-state index contributed by atoms with van der Waals surface area (Å²) >= 11 is 1.76. The molecule has 0 spiro atoms. The zero-order chi connectivity index (χ0) is 15.8. The molecule has 3 aromatic rings. The highest BCUT2D eigenvalue weighted by Crippen LogP contribution is 2.36. The molecule has 1 aliphatic heterocycles. The molecule has 4 rings (SSSR count). The van der Waals surface area contributed by atoms with Gasteiger partial charge in [-0.2, -0.15) is 15.0 Å². The van der Waals surface area contributed by atoms with Crippen molar-refractivity contribution in [3.05, 3.63) is 35.1 Å². The fourth-order valence-electron chi connectivity index (χ4n) is 3.04. The van der Waals surface area contributed by atoms with Gasteiger partial charge in [0, 0.05) is 0 Å². The van der Waals surface area contributed by atoms with Crippen LogP contribution >= 0.6 is 11.3 Å². The molecule has 118 valence electrons. The van der Waals surface area contributed by atoms with E-state index in [-0.39, 0.29) is 11.9 Å². The van der Waals surface area contributed by atoms with Crippen molar-refractivity contribution in [2.24, 2.45) is 0 Å². The summed E-state index contributed by atoms with van der Waals surface area (Å²) in [4.78, 5) is 19.3. The van der Waals surface area contributed by atoms with E-state index in [0.717, 1.165) is 29.9 Å². The van der Waals surface area contributed by atoms with Gasteiger partial charge in [-0.25, -0.2) is 4.98 Å². The Morgan fingerprint density at radius 2 is 1.87 bits per heavy atom. The normalized spacial score (nSPS) is 18.7. The van der Waals surface area contributed by atoms with Crippen LogP contribution in [0.5, 0.6) is 0 Å². The second-order valence-corrected chi connectivity index (χ2v) is 6.68. The third-order valence-corrected chi connectivity index (χ3v) is 5.16. The van der Waals surface area contributed by atoms with E-state index in [1.54, 1.807) is 11.3 Å². The maximum Gasteiger partial charge on any atom is 0.225 e. The lowest BCUT2D eigenvalue weighted by atomic mass is 10.2. The Kier molecular flexibility index (Phi) is 3.55. The molecule has 7 nitrogen and oxygen atoms in total. The van der Waals surface area contributed by atoms with Crippen LogP contribution in [0.2, 0.25) is 0 Å². The molecule has 8 heteroatoms. The molecule has 23 heavy (non-hydrogen) atoms.